The van der Waals surface area contributed by atoms with Gasteiger partial charge in [-0.1, -0.05) is 62.4 Å². The highest BCUT2D eigenvalue weighted by Gasteiger charge is 1.98. The van der Waals surface area contributed by atoms with Gasteiger partial charge in [-0.2, -0.15) is 0 Å². The van der Waals surface area contributed by atoms with Crippen molar-refractivity contribution >= 4 is 5.57 Å². The van der Waals surface area contributed by atoms with Crippen molar-refractivity contribution in [2.45, 2.75) is 26.2 Å². The predicted octanol–water partition coefficient (Wildman–Crippen LogP) is 4.45. The van der Waals surface area contributed by atoms with Gasteiger partial charge in [0.05, 0.1) is 0 Å². The molecule has 0 N–H and O–H groups in total. The van der Waals surface area contributed by atoms with Gasteiger partial charge < -0.3 is 0 Å². The van der Waals surface area contributed by atoms with Crippen LogP contribution < -0.4 is 0 Å². The molecule has 74 valence electrons. The van der Waals surface area contributed by atoms with Crippen LogP contribution in [0.25, 0.3) is 5.57 Å². The molecular formula is C14H18. The van der Waals surface area contributed by atoms with Gasteiger partial charge >= 0.3 is 0 Å². The van der Waals surface area contributed by atoms with Crippen LogP contribution in [0.5, 0.6) is 0 Å². The second-order valence-corrected chi connectivity index (χ2v) is 3.40. The first-order valence-corrected chi connectivity index (χ1v) is 5.25. The smallest absolute Gasteiger partial charge is 0.0225 e. The summed E-state index contributed by atoms with van der Waals surface area (Å²) in [6.45, 7) is 5.98. The molecule has 0 aromatic heterocycles. The molecule has 0 spiro atoms. The number of unbranched alkanes of at least 4 members (excludes halogenated alkanes) is 1. The van der Waals surface area contributed by atoms with Gasteiger partial charge in [0, 0.05) is 0 Å². The van der Waals surface area contributed by atoms with Crippen LogP contribution in [-0.4, -0.2) is 0 Å². The van der Waals surface area contributed by atoms with Crippen molar-refractivity contribution in [3.05, 3.63) is 54.6 Å². The molecule has 0 saturated heterocycles. The molecule has 0 saturated carbocycles. The fraction of sp³-hybridized carbons (Fsp3) is 0.286. The Kier molecular flexibility index (Phi) is 4.77. The monoisotopic (exact) mass is 186 g/mol. The summed E-state index contributed by atoms with van der Waals surface area (Å²) in [5.41, 5.74) is 2.71. The van der Waals surface area contributed by atoms with Gasteiger partial charge in [-0.3, -0.25) is 0 Å². The Labute approximate surface area is 87.0 Å². The van der Waals surface area contributed by atoms with Crippen LogP contribution in [0.4, 0.5) is 0 Å². The quantitative estimate of drug-likeness (QED) is 0.596. The van der Waals surface area contributed by atoms with E-state index in [1.807, 2.05) is 6.08 Å². The van der Waals surface area contributed by atoms with Crippen molar-refractivity contribution in [1.29, 1.82) is 0 Å². The second-order valence-electron chi connectivity index (χ2n) is 3.40. The lowest BCUT2D eigenvalue weighted by atomic mass is 10.00. The zero-order chi connectivity index (χ0) is 10.2. The van der Waals surface area contributed by atoms with Crippen LogP contribution in [0.2, 0.25) is 0 Å². The Morgan fingerprint density at radius 3 is 2.57 bits per heavy atom. The molecule has 0 bridgehead atoms. The summed E-state index contributed by atoms with van der Waals surface area (Å²) in [6.07, 6.45) is 7.62. The predicted molar refractivity (Wildman–Crippen MR) is 64.1 cm³/mol. The number of benzene rings is 1. The van der Waals surface area contributed by atoms with Gasteiger partial charge in [0.25, 0.3) is 0 Å². The van der Waals surface area contributed by atoms with Crippen LogP contribution >= 0.6 is 0 Å². The summed E-state index contributed by atoms with van der Waals surface area (Å²) in [4.78, 5) is 0. The highest BCUT2D eigenvalue weighted by Crippen LogP contribution is 2.20. The van der Waals surface area contributed by atoms with Crippen LogP contribution in [0.1, 0.15) is 31.7 Å². The van der Waals surface area contributed by atoms with E-state index in [0.29, 0.717) is 0 Å². The van der Waals surface area contributed by atoms with Crippen molar-refractivity contribution in [3.63, 3.8) is 0 Å². The van der Waals surface area contributed by atoms with Crippen LogP contribution in [0.15, 0.2) is 49.1 Å². The molecule has 0 heterocycles. The Bertz CT molecular complexity index is 293. The van der Waals surface area contributed by atoms with E-state index in [1.54, 1.807) is 0 Å². The van der Waals surface area contributed by atoms with Crippen molar-refractivity contribution < 1.29 is 0 Å². The molecule has 0 amide bonds. The van der Waals surface area contributed by atoms with Crippen molar-refractivity contribution in [3.8, 4) is 0 Å². The van der Waals surface area contributed by atoms with E-state index in [2.05, 4.69) is 49.9 Å². The fourth-order valence-corrected chi connectivity index (χ4v) is 1.49. The second kappa shape index (κ2) is 6.20. The molecule has 1 aromatic carbocycles. The lowest BCUT2D eigenvalue weighted by Crippen LogP contribution is -1.84. The maximum atomic E-state index is 3.76. The minimum atomic E-state index is 1.15. The van der Waals surface area contributed by atoms with Gasteiger partial charge in [0.1, 0.15) is 0 Å². The number of allylic oxidation sites excluding steroid dienone is 3. The minimum Gasteiger partial charge on any atom is -0.0991 e. The van der Waals surface area contributed by atoms with Gasteiger partial charge in [0.2, 0.25) is 0 Å². The van der Waals surface area contributed by atoms with E-state index in [-0.39, 0.29) is 0 Å². The maximum Gasteiger partial charge on any atom is -0.0225 e. The Morgan fingerprint density at radius 1 is 1.29 bits per heavy atom. The zero-order valence-corrected chi connectivity index (χ0v) is 8.87. The van der Waals surface area contributed by atoms with Crippen LogP contribution in [0, 0.1) is 0 Å². The van der Waals surface area contributed by atoms with E-state index >= 15 is 0 Å². The summed E-state index contributed by atoms with van der Waals surface area (Å²) < 4.78 is 0. The van der Waals surface area contributed by atoms with E-state index in [9.17, 15) is 0 Å². The maximum absolute atomic E-state index is 3.76. The fourth-order valence-electron chi connectivity index (χ4n) is 1.49. The largest absolute Gasteiger partial charge is 0.0991 e. The highest BCUT2D eigenvalue weighted by atomic mass is 14.0. The Hall–Kier alpha value is -1.30. The molecule has 0 heteroatoms. The first-order valence-electron chi connectivity index (χ1n) is 5.25. The van der Waals surface area contributed by atoms with Gasteiger partial charge in [-0.25, -0.2) is 0 Å². The van der Waals surface area contributed by atoms with Crippen LogP contribution in [0.3, 0.4) is 0 Å². The Balaban J connectivity index is 2.78. The zero-order valence-electron chi connectivity index (χ0n) is 8.87. The molecular weight excluding hydrogens is 168 g/mol. The average Bonchev–Trinajstić information content (AvgIpc) is 2.25. The third-order valence-electron chi connectivity index (χ3n) is 2.26. The number of rotatable bonds is 5. The molecule has 0 aliphatic heterocycles. The van der Waals surface area contributed by atoms with Gasteiger partial charge in [-0.05, 0) is 24.0 Å². The summed E-state index contributed by atoms with van der Waals surface area (Å²) in [6, 6.07) is 10.5. The minimum absolute atomic E-state index is 1.15. The van der Waals surface area contributed by atoms with E-state index in [1.165, 1.54) is 24.0 Å². The molecule has 0 nitrogen and oxygen atoms in total. The average molecular weight is 186 g/mol. The summed E-state index contributed by atoms with van der Waals surface area (Å²) in [7, 11) is 0. The molecule has 0 aliphatic rings. The first-order chi connectivity index (χ1) is 6.88. The summed E-state index contributed by atoms with van der Waals surface area (Å²) >= 11 is 0. The normalized spacial score (nSPS) is 11.4. The summed E-state index contributed by atoms with van der Waals surface area (Å²) in [5, 5.41) is 0. The molecule has 0 unspecified atom stereocenters. The van der Waals surface area contributed by atoms with E-state index < -0.39 is 0 Å². The molecule has 0 atom stereocenters. The lowest BCUT2D eigenvalue weighted by Gasteiger charge is -2.05. The summed E-state index contributed by atoms with van der Waals surface area (Å²) in [5.74, 6) is 0. The molecule has 0 aliphatic carbocycles. The van der Waals surface area contributed by atoms with Gasteiger partial charge in [-0.15, -0.1) is 0 Å². The van der Waals surface area contributed by atoms with Gasteiger partial charge in [0.15, 0.2) is 0 Å². The van der Waals surface area contributed by atoms with E-state index in [4.69, 9.17) is 0 Å². The van der Waals surface area contributed by atoms with Crippen LogP contribution in [-0.2, 0) is 0 Å². The Morgan fingerprint density at radius 2 is 2.00 bits per heavy atom. The van der Waals surface area contributed by atoms with Crippen molar-refractivity contribution in [2.24, 2.45) is 0 Å². The molecule has 14 heavy (non-hydrogen) atoms. The standard InChI is InChI=1S/C14H18/c1-3-5-10-13(9-4-2)14-11-7-6-8-12-14/h4,6-9,11-12H,2-3,5,10H2,1H3. The number of hydrogen-bond donors (Lipinski definition) is 0. The van der Waals surface area contributed by atoms with Crippen molar-refractivity contribution in [1.82, 2.24) is 0 Å². The lowest BCUT2D eigenvalue weighted by molar-refractivity contribution is 0.824. The SMILES string of the molecule is C=CC=C(CCCC)c1ccccc1. The molecule has 0 fully saturated rings. The van der Waals surface area contributed by atoms with E-state index in [0.717, 1.165) is 6.42 Å². The molecule has 0 radical (unpaired) electrons. The topological polar surface area (TPSA) is 0 Å². The third-order valence-corrected chi connectivity index (χ3v) is 2.26. The number of hydrogen-bond acceptors (Lipinski definition) is 0. The third kappa shape index (κ3) is 3.21. The molecule has 1 aromatic rings. The highest BCUT2D eigenvalue weighted by molar-refractivity contribution is 5.66. The first kappa shape index (κ1) is 10.8. The molecule has 1 rings (SSSR count). The van der Waals surface area contributed by atoms with Crippen molar-refractivity contribution in [2.75, 3.05) is 0 Å².